The van der Waals surface area contributed by atoms with Crippen LogP contribution in [0.3, 0.4) is 0 Å². The normalized spacial score (nSPS) is 10.7. The Morgan fingerprint density at radius 2 is 1.96 bits per heavy atom. The molecule has 24 heavy (non-hydrogen) atoms. The lowest BCUT2D eigenvalue weighted by atomic mass is 10.2. The molecule has 8 heteroatoms. The SMILES string of the molecule is Cc1nc(Cl)ccc1C(=O)Nc1nc(-c2ccc(F)c(F)c2)cs1. The van der Waals surface area contributed by atoms with Gasteiger partial charge in [0.25, 0.3) is 5.91 Å². The Balaban J connectivity index is 1.80. The van der Waals surface area contributed by atoms with Crippen molar-refractivity contribution >= 4 is 34.0 Å². The van der Waals surface area contributed by atoms with E-state index < -0.39 is 11.6 Å². The highest BCUT2D eigenvalue weighted by Crippen LogP contribution is 2.26. The lowest BCUT2D eigenvalue weighted by Gasteiger charge is -2.04. The maximum absolute atomic E-state index is 13.3. The standard InChI is InChI=1S/C16H10ClF2N3OS/c1-8-10(3-5-14(17)20-8)15(23)22-16-21-13(7-24-16)9-2-4-11(18)12(19)6-9/h2-7H,1H3,(H,21,22,23). The van der Waals surface area contributed by atoms with Crippen molar-refractivity contribution in [3.63, 3.8) is 0 Å². The Hall–Kier alpha value is -2.38. The first-order valence-corrected chi connectivity index (χ1v) is 8.05. The third kappa shape index (κ3) is 3.42. The summed E-state index contributed by atoms with van der Waals surface area (Å²) in [5.74, 6) is -2.25. The number of benzene rings is 1. The summed E-state index contributed by atoms with van der Waals surface area (Å²) in [4.78, 5) is 20.5. The summed E-state index contributed by atoms with van der Waals surface area (Å²) in [6.07, 6.45) is 0. The van der Waals surface area contributed by atoms with E-state index in [1.807, 2.05) is 0 Å². The zero-order valence-electron chi connectivity index (χ0n) is 12.3. The fraction of sp³-hybridized carbons (Fsp3) is 0.0625. The van der Waals surface area contributed by atoms with Crippen LogP contribution in [0.4, 0.5) is 13.9 Å². The van der Waals surface area contributed by atoms with Gasteiger partial charge in [0.15, 0.2) is 16.8 Å². The quantitative estimate of drug-likeness (QED) is 0.684. The molecule has 0 aliphatic carbocycles. The van der Waals surface area contributed by atoms with Crippen LogP contribution in [-0.2, 0) is 0 Å². The molecule has 0 fully saturated rings. The van der Waals surface area contributed by atoms with Crippen molar-refractivity contribution in [3.8, 4) is 11.3 Å². The molecule has 0 unspecified atom stereocenters. The monoisotopic (exact) mass is 365 g/mol. The Bertz CT molecular complexity index is 929. The maximum atomic E-state index is 13.3. The molecule has 3 rings (SSSR count). The molecule has 0 aliphatic heterocycles. The number of halogens is 3. The van der Waals surface area contributed by atoms with E-state index in [1.165, 1.54) is 23.5 Å². The number of carbonyl (C=O) groups excluding carboxylic acids is 1. The molecule has 1 amide bonds. The molecule has 0 aliphatic rings. The van der Waals surface area contributed by atoms with Crippen molar-refractivity contribution in [2.75, 3.05) is 5.32 Å². The summed E-state index contributed by atoms with van der Waals surface area (Å²) >= 11 is 6.95. The number of hydrogen-bond donors (Lipinski definition) is 1. The first-order valence-electron chi connectivity index (χ1n) is 6.79. The number of pyridine rings is 1. The lowest BCUT2D eigenvalue weighted by molar-refractivity contribution is 0.102. The van der Waals surface area contributed by atoms with Gasteiger partial charge in [0, 0.05) is 10.9 Å². The summed E-state index contributed by atoms with van der Waals surface area (Å²) in [6.45, 7) is 1.68. The van der Waals surface area contributed by atoms with Gasteiger partial charge in [-0.15, -0.1) is 11.3 Å². The number of anilines is 1. The van der Waals surface area contributed by atoms with Crippen LogP contribution in [0.2, 0.25) is 5.15 Å². The average Bonchev–Trinajstić information content (AvgIpc) is 2.98. The molecule has 1 N–H and O–H groups in total. The van der Waals surface area contributed by atoms with Crippen molar-refractivity contribution in [1.82, 2.24) is 9.97 Å². The molecule has 2 heterocycles. The van der Waals surface area contributed by atoms with Crippen molar-refractivity contribution < 1.29 is 13.6 Å². The van der Waals surface area contributed by atoms with Gasteiger partial charge in [0.2, 0.25) is 0 Å². The van der Waals surface area contributed by atoms with E-state index in [9.17, 15) is 13.6 Å². The van der Waals surface area contributed by atoms with E-state index in [0.717, 1.165) is 12.1 Å². The number of carbonyl (C=O) groups is 1. The summed E-state index contributed by atoms with van der Waals surface area (Å²) in [5, 5.41) is 4.95. The summed E-state index contributed by atoms with van der Waals surface area (Å²) in [5.41, 5.74) is 1.75. The number of thiazole rings is 1. The molecule has 3 aromatic rings. The second-order valence-corrected chi connectivity index (χ2v) is 6.13. The van der Waals surface area contributed by atoms with E-state index in [4.69, 9.17) is 11.6 Å². The number of nitrogens with zero attached hydrogens (tertiary/aromatic N) is 2. The second kappa shape index (κ2) is 6.62. The van der Waals surface area contributed by atoms with Gasteiger partial charge >= 0.3 is 0 Å². The predicted octanol–water partition coefficient (Wildman–Crippen LogP) is 4.70. The number of nitrogens with one attached hydrogen (secondary N) is 1. The van der Waals surface area contributed by atoms with Crippen molar-refractivity contribution in [3.05, 3.63) is 63.8 Å². The van der Waals surface area contributed by atoms with Crippen LogP contribution in [0.15, 0.2) is 35.7 Å². The maximum Gasteiger partial charge on any atom is 0.259 e. The van der Waals surface area contributed by atoms with Crippen LogP contribution in [0.25, 0.3) is 11.3 Å². The minimum atomic E-state index is -0.950. The van der Waals surface area contributed by atoms with Crippen LogP contribution in [-0.4, -0.2) is 15.9 Å². The molecule has 0 saturated carbocycles. The molecule has 0 atom stereocenters. The van der Waals surface area contributed by atoms with Gasteiger partial charge in [-0.05, 0) is 37.3 Å². The number of aromatic nitrogens is 2. The molecule has 0 spiro atoms. The number of amides is 1. The smallest absolute Gasteiger partial charge is 0.259 e. The Morgan fingerprint density at radius 1 is 1.17 bits per heavy atom. The topological polar surface area (TPSA) is 54.9 Å². The molecular weight excluding hydrogens is 356 g/mol. The van der Waals surface area contributed by atoms with Crippen LogP contribution in [0.5, 0.6) is 0 Å². The van der Waals surface area contributed by atoms with Gasteiger partial charge < -0.3 is 0 Å². The van der Waals surface area contributed by atoms with E-state index in [-0.39, 0.29) is 5.91 Å². The van der Waals surface area contributed by atoms with Crippen LogP contribution in [0.1, 0.15) is 16.1 Å². The van der Waals surface area contributed by atoms with E-state index in [2.05, 4.69) is 15.3 Å². The van der Waals surface area contributed by atoms with Crippen molar-refractivity contribution in [1.29, 1.82) is 0 Å². The average molecular weight is 366 g/mol. The second-order valence-electron chi connectivity index (χ2n) is 4.89. The molecule has 1 aromatic carbocycles. The Kier molecular flexibility index (Phi) is 4.55. The Morgan fingerprint density at radius 3 is 2.67 bits per heavy atom. The minimum absolute atomic E-state index is 0.305. The zero-order chi connectivity index (χ0) is 17.3. The fourth-order valence-corrected chi connectivity index (χ4v) is 2.96. The van der Waals surface area contributed by atoms with E-state index >= 15 is 0 Å². The molecule has 4 nitrogen and oxygen atoms in total. The Labute approximate surface area is 145 Å². The molecule has 0 bridgehead atoms. The fourth-order valence-electron chi connectivity index (χ4n) is 2.05. The molecule has 0 radical (unpaired) electrons. The number of hydrogen-bond acceptors (Lipinski definition) is 4. The highest BCUT2D eigenvalue weighted by atomic mass is 35.5. The first-order chi connectivity index (χ1) is 11.4. The summed E-state index contributed by atoms with van der Waals surface area (Å²) in [7, 11) is 0. The highest BCUT2D eigenvalue weighted by Gasteiger charge is 2.14. The predicted molar refractivity (Wildman–Crippen MR) is 89.4 cm³/mol. The van der Waals surface area contributed by atoms with Crippen LogP contribution >= 0.6 is 22.9 Å². The van der Waals surface area contributed by atoms with Crippen LogP contribution in [0, 0.1) is 18.6 Å². The largest absolute Gasteiger partial charge is 0.298 e. The lowest BCUT2D eigenvalue weighted by Crippen LogP contribution is -2.13. The summed E-state index contributed by atoms with van der Waals surface area (Å²) in [6, 6.07) is 6.61. The van der Waals surface area contributed by atoms with Crippen molar-refractivity contribution in [2.24, 2.45) is 0 Å². The van der Waals surface area contributed by atoms with Crippen molar-refractivity contribution in [2.45, 2.75) is 6.92 Å². The third-order valence-electron chi connectivity index (χ3n) is 3.24. The van der Waals surface area contributed by atoms with Gasteiger partial charge in [-0.1, -0.05) is 11.6 Å². The van der Waals surface area contributed by atoms with Gasteiger partial charge in [-0.3, -0.25) is 10.1 Å². The molecule has 122 valence electrons. The van der Waals surface area contributed by atoms with Crippen LogP contribution < -0.4 is 5.32 Å². The van der Waals surface area contributed by atoms with E-state index in [1.54, 1.807) is 18.4 Å². The van der Waals surface area contributed by atoms with Gasteiger partial charge in [0.05, 0.1) is 17.0 Å². The van der Waals surface area contributed by atoms with Gasteiger partial charge in [-0.2, -0.15) is 0 Å². The van der Waals surface area contributed by atoms with Gasteiger partial charge in [0.1, 0.15) is 5.15 Å². The number of rotatable bonds is 3. The third-order valence-corrected chi connectivity index (χ3v) is 4.20. The first kappa shape index (κ1) is 16.5. The molecule has 0 saturated heterocycles. The molecule has 2 aromatic heterocycles. The minimum Gasteiger partial charge on any atom is -0.298 e. The molecular formula is C16H10ClF2N3OS. The summed E-state index contributed by atoms with van der Waals surface area (Å²) < 4.78 is 26.3. The zero-order valence-corrected chi connectivity index (χ0v) is 13.9. The highest BCUT2D eigenvalue weighted by molar-refractivity contribution is 7.14. The van der Waals surface area contributed by atoms with Gasteiger partial charge in [-0.25, -0.2) is 18.7 Å². The van der Waals surface area contributed by atoms with E-state index in [0.29, 0.717) is 32.8 Å². The number of aryl methyl sites for hydroxylation is 1.